The first-order valence-corrected chi connectivity index (χ1v) is 11.3. The molecule has 0 radical (unpaired) electrons. The lowest BCUT2D eigenvalue weighted by atomic mass is 10.0. The van der Waals surface area contributed by atoms with Gasteiger partial charge in [0, 0.05) is 31.9 Å². The van der Waals surface area contributed by atoms with Crippen LogP contribution in [0.4, 0.5) is 10.1 Å². The first-order valence-electron chi connectivity index (χ1n) is 11.3. The van der Waals surface area contributed by atoms with Gasteiger partial charge in [0.25, 0.3) is 5.91 Å². The van der Waals surface area contributed by atoms with Crippen LogP contribution < -0.4 is 10.1 Å². The van der Waals surface area contributed by atoms with Gasteiger partial charge in [-0.1, -0.05) is 24.3 Å². The van der Waals surface area contributed by atoms with E-state index in [2.05, 4.69) is 11.4 Å². The maximum absolute atomic E-state index is 13.0. The van der Waals surface area contributed by atoms with Gasteiger partial charge in [-0.3, -0.25) is 14.5 Å². The predicted molar refractivity (Wildman–Crippen MR) is 130 cm³/mol. The van der Waals surface area contributed by atoms with Crippen molar-refractivity contribution < 1.29 is 18.7 Å². The number of halogens is 1. The largest absolute Gasteiger partial charge is 0.484 e. The van der Waals surface area contributed by atoms with Crippen LogP contribution in [-0.2, 0) is 9.59 Å². The molecule has 1 aliphatic heterocycles. The van der Waals surface area contributed by atoms with Gasteiger partial charge in [-0.05, 0) is 59.7 Å². The molecule has 0 bridgehead atoms. The number of nitriles is 1. The van der Waals surface area contributed by atoms with Gasteiger partial charge in [0.15, 0.2) is 6.61 Å². The first kappa shape index (κ1) is 23.9. The van der Waals surface area contributed by atoms with Gasteiger partial charge in [0.1, 0.15) is 11.6 Å². The zero-order valence-electron chi connectivity index (χ0n) is 19.1. The molecule has 0 atom stereocenters. The minimum absolute atomic E-state index is 0.0543. The molecular weight excluding hydrogens is 447 g/mol. The van der Waals surface area contributed by atoms with Crippen LogP contribution in [-0.4, -0.2) is 60.9 Å². The van der Waals surface area contributed by atoms with E-state index in [0.717, 1.165) is 11.1 Å². The van der Waals surface area contributed by atoms with E-state index in [1.54, 1.807) is 17.0 Å². The van der Waals surface area contributed by atoms with E-state index in [1.165, 1.54) is 24.3 Å². The third-order valence-corrected chi connectivity index (χ3v) is 5.78. The average molecular weight is 473 g/mol. The van der Waals surface area contributed by atoms with Gasteiger partial charge in [0.2, 0.25) is 5.91 Å². The molecule has 2 amide bonds. The maximum atomic E-state index is 13.0. The maximum Gasteiger partial charge on any atom is 0.260 e. The Bertz CT molecular complexity index is 1200. The molecule has 1 fully saturated rings. The van der Waals surface area contributed by atoms with Crippen molar-refractivity contribution in [2.75, 3.05) is 44.6 Å². The zero-order chi connectivity index (χ0) is 24.6. The average Bonchev–Trinajstić information content (AvgIpc) is 2.89. The Hall–Kier alpha value is -4.22. The number of hydrogen-bond donors (Lipinski definition) is 1. The molecular formula is C27H25FN4O3. The van der Waals surface area contributed by atoms with Gasteiger partial charge in [0.05, 0.1) is 18.2 Å². The molecule has 8 heteroatoms. The molecule has 3 aromatic carbocycles. The SMILES string of the molecule is N#Cc1ccc(-c2ccc(OCC(=O)N3CCN(CC(=O)Nc4ccc(F)cc4)CC3)cc2)cc1. The number of piperazine rings is 1. The number of benzene rings is 3. The lowest BCUT2D eigenvalue weighted by Gasteiger charge is -2.34. The summed E-state index contributed by atoms with van der Waals surface area (Å²) in [6.07, 6.45) is 0. The predicted octanol–water partition coefficient (Wildman–Crippen LogP) is 3.53. The molecule has 178 valence electrons. The molecule has 7 nitrogen and oxygen atoms in total. The van der Waals surface area contributed by atoms with E-state index < -0.39 is 0 Å². The Morgan fingerprint density at radius 2 is 1.49 bits per heavy atom. The topological polar surface area (TPSA) is 85.7 Å². The fraction of sp³-hybridized carbons (Fsp3) is 0.222. The van der Waals surface area contributed by atoms with Crippen molar-refractivity contribution in [1.29, 1.82) is 5.26 Å². The van der Waals surface area contributed by atoms with E-state index in [9.17, 15) is 14.0 Å². The lowest BCUT2D eigenvalue weighted by molar-refractivity contribution is -0.135. The normalized spacial score (nSPS) is 13.7. The summed E-state index contributed by atoms with van der Waals surface area (Å²) < 4.78 is 18.7. The summed E-state index contributed by atoms with van der Waals surface area (Å²) >= 11 is 0. The Morgan fingerprint density at radius 3 is 2.09 bits per heavy atom. The second-order valence-electron chi connectivity index (χ2n) is 8.21. The van der Waals surface area contributed by atoms with Crippen molar-refractivity contribution in [2.45, 2.75) is 0 Å². The molecule has 1 N–H and O–H groups in total. The number of carbonyl (C=O) groups excluding carboxylic acids is 2. The van der Waals surface area contributed by atoms with Crippen LogP contribution in [0.2, 0.25) is 0 Å². The van der Waals surface area contributed by atoms with Crippen LogP contribution >= 0.6 is 0 Å². The van der Waals surface area contributed by atoms with Gasteiger partial charge in [-0.2, -0.15) is 5.26 Å². The summed E-state index contributed by atoms with van der Waals surface area (Å²) in [5, 5.41) is 11.7. The van der Waals surface area contributed by atoms with Crippen molar-refractivity contribution in [1.82, 2.24) is 9.80 Å². The van der Waals surface area contributed by atoms with Crippen LogP contribution in [0.1, 0.15) is 5.56 Å². The van der Waals surface area contributed by atoms with E-state index in [0.29, 0.717) is 43.2 Å². The van der Waals surface area contributed by atoms with E-state index in [4.69, 9.17) is 10.00 Å². The minimum atomic E-state index is -0.354. The van der Waals surface area contributed by atoms with E-state index >= 15 is 0 Å². The minimum Gasteiger partial charge on any atom is -0.484 e. The number of hydrogen-bond acceptors (Lipinski definition) is 5. The quantitative estimate of drug-likeness (QED) is 0.569. The van der Waals surface area contributed by atoms with Crippen LogP contribution in [0.15, 0.2) is 72.8 Å². The fourth-order valence-corrected chi connectivity index (χ4v) is 3.81. The second-order valence-corrected chi connectivity index (χ2v) is 8.21. The number of carbonyl (C=O) groups is 2. The molecule has 1 heterocycles. The van der Waals surface area contributed by atoms with Gasteiger partial charge < -0.3 is 15.0 Å². The molecule has 1 aliphatic rings. The molecule has 0 aliphatic carbocycles. The molecule has 4 rings (SSSR count). The van der Waals surface area contributed by atoms with Crippen LogP contribution in [0.5, 0.6) is 5.75 Å². The third kappa shape index (κ3) is 6.65. The van der Waals surface area contributed by atoms with Crippen LogP contribution in [0, 0.1) is 17.1 Å². The highest BCUT2D eigenvalue weighted by molar-refractivity contribution is 5.92. The highest BCUT2D eigenvalue weighted by Gasteiger charge is 2.22. The second kappa shape index (κ2) is 11.3. The fourth-order valence-electron chi connectivity index (χ4n) is 3.81. The number of nitrogens with one attached hydrogen (secondary N) is 1. The molecule has 0 aromatic heterocycles. The molecule has 0 unspecified atom stereocenters. The van der Waals surface area contributed by atoms with Crippen molar-refractivity contribution in [2.24, 2.45) is 0 Å². The standard InChI is InChI=1S/C27H25FN4O3/c28-23-7-9-24(10-8-23)30-26(33)18-31-13-15-32(16-14-31)27(34)19-35-25-11-5-22(6-12-25)21-3-1-20(17-29)2-4-21/h1-12H,13-16,18-19H2,(H,30,33). The summed E-state index contributed by atoms with van der Waals surface area (Å²) in [6, 6.07) is 22.5. The number of nitrogens with zero attached hydrogens (tertiary/aromatic N) is 3. The number of anilines is 1. The first-order chi connectivity index (χ1) is 17.0. The highest BCUT2D eigenvalue weighted by atomic mass is 19.1. The molecule has 1 saturated heterocycles. The van der Waals surface area contributed by atoms with Gasteiger partial charge in [-0.15, -0.1) is 0 Å². The molecule has 35 heavy (non-hydrogen) atoms. The van der Waals surface area contributed by atoms with Crippen molar-refractivity contribution >= 4 is 17.5 Å². The van der Waals surface area contributed by atoms with E-state index in [-0.39, 0.29) is 30.8 Å². The third-order valence-electron chi connectivity index (χ3n) is 5.78. The number of ether oxygens (including phenoxy) is 1. The molecule has 0 saturated carbocycles. The summed E-state index contributed by atoms with van der Waals surface area (Å²) in [6.45, 7) is 2.36. The lowest BCUT2D eigenvalue weighted by Crippen LogP contribution is -2.51. The summed E-state index contributed by atoms with van der Waals surface area (Å²) in [4.78, 5) is 28.5. The highest BCUT2D eigenvalue weighted by Crippen LogP contribution is 2.23. The number of amides is 2. The molecule has 3 aromatic rings. The monoisotopic (exact) mass is 472 g/mol. The Morgan fingerprint density at radius 1 is 0.886 bits per heavy atom. The van der Waals surface area contributed by atoms with Crippen molar-refractivity contribution in [3.63, 3.8) is 0 Å². The van der Waals surface area contributed by atoms with Crippen LogP contribution in [0.25, 0.3) is 11.1 Å². The van der Waals surface area contributed by atoms with Crippen molar-refractivity contribution in [3.8, 4) is 22.9 Å². The Kier molecular flexibility index (Phi) is 7.70. The summed E-state index contributed by atoms with van der Waals surface area (Å²) in [7, 11) is 0. The molecule has 0 spiro atoms. The van der Waals surface area contributed by atoms with Crippen LogP contribution in [0.3, 0.4) is 0 Å². The van der Waals surface area contributed by atoms with Gasteiger partial charge >= 0.3 is 0 Å². The number of rotatable bonds is 7. The summed E-state index contributed by atoms with van der Waals surface area (Å²) in [5.74, 6) is -0.0273. The smallest absolute Gasteiger partial charge is 0.260 e. The Labute approximate surface area is 203 Å². The van der Waals surface area contributed by atoms with Crippen molar-refractivity contribution in [3.05, 3.63) is 84.2 Å². The van der Waals surface area contributed by atoms with Gasteiger partial charge in [-0.25, -0.2) is 4.39 Å². The Balaban J connectivity index is 1.19. The summed E-state index contributed by atoms with van der Waals surface area (Å²) in [5.41, 5.74) is 3.15. The zero-order valence-corrected chi connectivity index (χ0v) is 19.1. The van der Waals surface area contributed by atoms with E-state index in [1.807, 2.05) is 41.3 Å².